The predicted octanol–water partition coefficient (Wildman–Crippen LogP) is 2.78. The zero-order valence-corrected chi connectivity index (χ0v) is 15.1. The second kappa shape index (κ2) is 8.12. The van der Waals surface area contributed by atoms with Crippen LogP contribution in [0, 0.1) is 5.82 Å². The van der Waals surface area contributed by atoms with E-state index in [1.807, 2.05) is 0 Å². The summed E-state index contributed by atoms with van der Waals surface area (Å²) in [6.45, 7) is 1.16. The molecule has 2 atom stereocenters. The number of carbonyl (C=O) groups is 2. The SMILES string of the molecule is O=C(O)N1CCCC(N2CCC(CCCO)(c3ccc(F)cc3)OC2=O)C1. The highest BCUT2D eigenvalue weighted by atomic mass is 19.1. The summed E-state index contributed by atoms with van der Waals surface area (Å²) in [5, 5.41) is 18.4. The van der Waals surface area contributed by atoms with Gasteiger partial charge in [-0.15, -0.1) is 0 Å². The molecule has 1 aromatic rings. The Kier molecular flexibility index (Phi) is 5.84. The van der Waals surface area contributed by atoms with Gasteiger partial charge in [0.1, 0.15) is 11.4 Å². The molecular formula is C19H25FN2O5. The number of rotatable bonds is 5. The molecule has 1 aromatic carbocycles. The monoisotopic (exact) mass is 380 g/mol. The highest BCUT2D eigenvalue weighted by Crippen LogP contribution is 2.39. The van der Waals surface area contributed by atoms with Gasteiger partial charge in [-0.3, -0.25) is 0 Å². The molecule has 2 N–H and O–H groups in total. The third-order valence-electron chi connectivity index (χ3n) is 5.49. The van der Waals surface area contributed by atoms with Gasteiger partial charge in [0.15, 0.2) is 0 Å². The second-order valence-electron chi connectivity index (χ2n) is 7.16. The van der Waals surface area contributed by atoms with Crippen molar-refractivity contribution in [3.63, 3.8) is 0 Å². The summed E-state index contributed by atoms with van der Waals surface area (Å²) in [4.78, 5) is 27.0. The Morgan fingerprint density at radius 1 is 1.30 bits per heavy atom. The largest absolute Gasteiger partial charge is 0.465 e. The third-order valence-corrected chi connectivity index (χ3v) is 5.49. The molecule has 2 saturated heterocycles. The first kappa shape index (κ1) is 19.4. The molecule has 0 spiro atoms. The van der Waals surface area contributed by atoms with Gasteiger partial charge in [-0.1, -0.05) is 12.1 Å². The van der Waals surface area contributed by atoms with Crippen molar-refractivity contribution in [2.45, 2.75) is 43.7 Å². The molecule has 2 amide bonds. The Balaban J connectivity index is 1.76. The van der Waals surface area contributed by atoms with Crippen LogP contribution in [0.25, 0.3) is 0 Å². The van der Waals surface area contributed by atoms with E-state index in [0.29, 0.717) is 44.3 Å². The molecule has 3 rings (SSSR count). The molecule has 2 fully saturated rings. The van der Waals surface area contributed by atoms with Crippen LogP contribution >= 0.6 is 0 Å². The number of piperidine rings is 1. The van der Waals surface area contributed by atoms with Gasteiger partial charge in [0.25, 0.3) is 0 Å². The van der Waals surface area contributed by atoms with E-state index >= 15 is 0 Å². The molecule has 2 unspecified atom stereocenters. The van der Waals surface area contributed by atoms with Crippen molar-refractivity contribution >= 4 is 12.2 Å². The van der Waals surface area contributed by atoms with E-state index in [-0.39, 0.29) is 25.0 Å². The van der Waals surface area contributed by atoms with Gasteiger partial charge < -0.3 is 24.7 Å². The fourth-order valence-corrected chi connectivity index (χ4v) is 4.03. The normalized spacial score (nSPS) is 26.0. The second-order valence-corrected chi connectivity index (χ2v) is 7.16. The van der Waals surface area contributed by atoms with Crippen molar-refractivity contribution in [1.82, 2.24) is 9.80 Å². The lowest BCUT2D eigenvalue weighted by Gasteiger charge is -2.46. The average Bonchev–Trinajstić information content (AvgIpc) is 2.67. The Hall–Kier alpha value is -2.35. The van der Waals surface area contributed by atoms with E-state index in [2.05, 4.69) is 0 Å². The van der Waals surface area contributed by atoms with Gasteiger partial charge in [0.05, 0.1) is 6.04 Å². The van der Waals surface area contributed by atoms with Gasteiger partial charge >= 0.3 is 12.2 Å². The minimum Gasteiger partial charge on any atom is -0.465 e. The molecule has 7 nitrogen and oxygen atoms in total. The lowest BCUT2D eigenvalue weighted by Crippen LogP contribution is -2.56. The quantitative estimate of drug-likeness (QED) is 0.820. The van der Waals surface area contributed by atoms with Crippen LogP contribution in [0.2, 0.25) is 0 Å². The summed E-state index contributed by atoms with van der Waals surface area (Å²) >= 11 is 0. The lowest BCUT2D eigenvalue weighted by molar-refractivity contribution is -0.0735. The van der Waals surface area contributed by atoms with Crippen LogP contribution in [0.4, 0.5) is 14.0 Å². The summed E-state index contributed by atoms with van der Waals surface area (Å²) in [6.07, 6.45) is 1.39. The number of aliphatic hydroxyl groups excluding tert-OH is 1. The number of carboxylic acid groups (broad SMARTS) is 1. The summed E-state index contributed by atoms with van der Waals surface area (Å²) in [5.74, 6) is -0.365. The number of halogens is 1. The number of ether oxygens (including phenoxy) is 1. The van der Waals surface area contributed by atoms with Gasteiger partial charge in [0, 0.05) is 32.7 Å². The molecular weight excluding hydrogens is 355 g/mol. The predicted molar refractivity (Wildman–Crippen MR) is 94.8 cm³/mol. The van der Waals surface area contributed by atoms with Gasteiger partial charge in [-0.2, -0.15) is 0 Å². The van der Waals surface area contributed by atoms with Crippen LogP contribution in [-0.2, 0) is 10.3 Å². The van der Waals surface area contributed by atoms with E-state index in [1.54, 1.807) is 17.0 Å². The number of cyclic esters (lactones) is 1. The first-order valence-electron chi connectivity index (χ1n) is 9.29. The summed E-state index contributed by atoms with van der Waals surface area (Å²) in [5.41, 5.74) is -0.188. The molecule has 27 heavy (non-hydrogen) atoms. The van der Waals surface area contributed by atoms with Crippen molar-refractivity contribution in [3.05, 3.63) is 35.6 Å². The Labute approximate surface area is 157 Å². The molecule has 0 aromatic heterocycles. The Morgan fingerprint density at radius 3 is 2.67 bits per heavy atom. The van der Waals surface area contributed by atoms with Crippen molar-refractivity contribution < 1.29 is 28.9 Å². The minimum atomic E-state index is -0.978. The first-order chi connectivity index (χ1) is 12.9. The van der Waals surface area contributed by atoms with Crippen molar-refractivity contribution in [2.75, 3.05) is 26.2 Å². The zero-order valence-electron chi connectivity index (χ0n) is 15.1. The molecule has 0 saturated carbocycles. The standard InChI is InChI=1S/C19H25FN2O5/c20-15-6-4-14(5-7-15)19(8-2-12-23)9-11-22(18(26)27-19)16-3-1-10-21(13-16)17(24)25/h4-7,16,23H,1-3,8-13H2,(H,24,25). The highest BCUT2D eigenvalue weighted by Gasteiger charge is 2.44. The lowest BCUT2D eigenvalue weighted by atomic mass is 9.84. The fraction of sp³-hybridized carbons (Fsp3) is 0.579. The molecule has 2 aliphatic rings. The molecule has 2 heterocycles. The molecule has 148 valence electrons. The minimum absolute atomic E-state index is 0.0274. The van der Waals surface area contributed by atoms with Crippen LogP contribution in [0.15, 0.2) is 24.3 Å². The fourth-order valence-electron chi connectivity index (χ4n) is 4.03. The summed E-state index contributed by atoms with van der Waals surface area (Å²) < 4.78 is 19.2. The van der Waals surface area contributed by atoms with Crippen LogP contribution in [0.3, 0.4) is 0 Å². The molecule has 2 aliphatic heterocycles. The number of amides is 2. The smallest absolute Gasteiger partial charge is 0.410 e. The number of carbonyl (C=O) groups excluding carboxylic acids is 1. The maximum atomic E-state index is 13.3. The number of aliphatic hydroxyl groups is 1. The summed E-state index contributed by atoms with van der Waals surface area (Å²) in [7, 11) is 0. The van der Waals surface area contributed by atoms with Crippen LogP contribution in [-0.4, -0.2) is 64.5 Å². The number of nitrogens with zero attached hydrogens (tertiary/aromatic N) is 2. The van der Waals surface area contributed by atoms with Crippen molar-refractivity contribution in [3.8, 4) is 0 Å². The van der Waals surface area contributed by atoms with E-state index in [0.717, 1.165) is 6.42 Å². The number of benzene rings is 1. The van der Waals surface area contributed by atoms with Crippen LogP contribution in [0.5, 0.6) is 0 Å². The summed E-state index contributed by atoms with van der Waals surface area (Å²) in [6, 6.07) is 5.70. The maximum absolute atomic E-state index is 13.3. The van der Waals surface area contributed by atoms with Crippen LogP contribution in [0.1, 0.15) is 37.7 Å². The Bertz CT molecular complexity index is 683. The first-order valence-corrected chi connectivity index (χ1v) is 9.29. The van der Waals surface area contributed by atoms with E-state index in [4.69, 9.17) is 4.74 Å². The Morgan fingerprint density at radius 2 is 2.04 bits per heavy atom. The van der Waals surface area contributed by atoms with Gasteiger partial charge in [0.2, 0.25) is 0 Å². The van der Waals surface area contributed by atoms with E-state index in [9.17, 15) is 24.2 Å². The topological polar surface area (TPSA) is 90.3 Å². The number of hydrogen-bond acceptors (Lipinski definition) is 4. The number of hydrogen-bond donors (Lipinski definition) is 2. The average molecular weight is 380 g/mol. The molecule has 0 aliphatic carbocycles. The van der Waals surface area contributed by atoms with E-state index in [1.165, 1.54) is 17.0 Å². The highest BCUT2D eigenvalue weighted by molar-refractivity contribution is 5.70. The molecule has 0 bridgehead atoms. The van der Waals surface area contributed by atoms with E-state index < -0.39 is 17.8 Å². The van der Waals surface area contributed by atoms with Gasteiger partial charge in [-0.05, 0) is 43.4 Å². The maximum Gasteiger partial charge on any atom is 0.410 e. The van der Waals surface area contributed by atoms with Crippen LogP contribution < -0.4 is 0 Å². The molecule has 0 radical (unpaired) electrons. The number of likely N-dealkylation sites (tertiary alicyclic amines) is 1. The van der Waals surface area contributed by atoms with Crippen molar-refractivity contribution in [2.24, 2.45) is 0 Å². The third kappa shape index (κ3) is 4.16. The molecule has 8 heteroatoms. The zero-order chi connectivity index (χ0) is 19.4. The van der Waals surface area contributed by atoms with Crippen molar-refractivity contribution in [1.29, 1.82) is 0 Å². The van der Waals surface area contributed by atoms with Gasteiger partial charge in [-0.25, -0.2) is 14.0 Å².